The van der Waals surface area contributed by atoms with Crippen molar-refractivity contribution in [3.05, 3.63) is 47.7 Å². The molecule has 1 saturated heterocycles. The largest absolute Gasteiger partial charge is 0.497 e. The van der Waals surface area contributed by atoms with Crippen LogP contribution in [0.5, 0.6) is 11.5 Å². The number of esters is 2. The summed E-state index contributed by atoms with van der Waals surface area (Å²) >= 11 is 0. The first-order chi connectivity index (χ1) is 19.5. The zero-order valence-electron chi connectivity index (χ0n) is 24.1. The van der Waals surface area contributed by atoms with Gasteiger partial charge in [0.15, 0.2) is 23.2 Å². The third-order valence-corrected chi connectivity index (χ3v) is 8.76. The van der Waals surface area contributed by atoms with Crippen molar-refractivity contribution < 1.29 is 43.5 Å². The van der Waals surface area contributed by atoms with E-state index in [4.69, 9.17) is 23.7 Å². The van der Waals surface area contributed by atoms with E-state index in [2.05, 4.69) is 17.6 Å². The van der Waals surface area contributed by atoms with Gasteiger partial charge in [0.1, 0.15) is 12.4 Å². The average Bonchev–Trinajstić information content (AvgIpc) is 3.60. The molecule has 1 spiro atoms. The number of methoxy groups -OCH3 is 1. The fraction of sp³-hybridized carbons (Fsp3) is 0.613. The quantitative estimate of drug-likeness (QED) is 0.302. The van der Waals surface area contributed by atoms with E-state index in [1.807, 2.05) is 12.1 Å². The molecule has 4 atom stereocenters. The van der Waals surface area contributed by atoms with Gasteiger partial charge in [-0.15, -0.1) is 0 Å². The van der Waals surface area contributed by atoms with Crippen molar-refractivity contribution in [2.45, 2.75) is 87.6 Å². The van der Waals surface area contributed by atoms with Crippen LogP contribution in [0.4, 0.5) is 0 Å². The Kier molecular flexibility index (Phi) is 8.11. The highest BCUT2D eigenvalue weighted by Crippen LogP contribution is 2.55. The number of fused-ring (bicyclic) bond motifs is 3. The summed E-state index contributed by atoms with van der Waals surface area (Å²) in [4.78, 5) is 28.9. The van der Waals surface area contributed by atoms with Crippen LogP contribution in [-0.4, -0.2) is 83.5 Å². The molecule has 10 heteroatoms. The van der Waals surface area contributed by atoms with E-state index in [1.54, 1.807) is 21.0 Å². The van der Waals surface area contributed by atoms with E-state index in [9.17, 15) is 19.8 Å². The maximum atomic E-state index is 13.9. The summed E-state index contributed by atoms with van der Waals surface area (Å²) in [5.41, 5.74) is -1.50. The van der Waals surface area contributed by atoms with Gasteiger partial charge < -0.3 is 33.9 Å². The molecule has 0 radical (unpaired) electrons. The van der Waals surface area contributed by atoms with Crippen molar-refractivity contribution >= 4 is 11.9 Å². The predicted octanol–water partition coefficient (Wildman–Crippen LogP) is 3.14. The summed E-state index contributed by atoms with van der Waals surface area (Å²) < 4.78 is 28.5. The van der Waals surface area contributed by atoms with Crippen LogP contribution in [0.25, 0.3) is 0 Å². The van der Waals surface area contributed by atoms with Crippen molar-refractivity contribution in [3.63, 3.8) is 0 Å². The lowest BCUT2D eigenvalue weighted by Crippen LogP contribution is -2.49. The molecule has 1 aromatic carbocycles. The van der Waals surface area contributed by atoms with Crippen molar-refractivity contribution in [2.24, 2.45) is 0 Å². The van der Waals surface area contributed by atoms with E-state index in [1.165, 1.54) is 6.08 Å². The van der Waals surface area contributed by atoms with E-state index in [0.29, 0.717) is 23.7 Å². The highest BCUT2D eigenvalue weighted by atomic mass is 16.7. The topological polar surface area (TPSA) is 124 Å². The Labute approximate surface area is 240 Å². The number of carbonyl (C=O) groups excluding carboxylic acids is 2. The van der Waals surface area contributed by atoms with Crippen molar-refractivity contribution in [1.82, 2.24) is 4.90 Å². The molecule has 5 rings (SSSR count). The highest BCUT2D eigenvalue weighted by Gasteiger charge is 2.59. The van der Waals surface area contributed by atoms with E-state index in [0.717, 1.165) is 43.5 Å². The lowest BCUT2D eigenvalue weighted by molar-refractivity contribution is -0.179. The predicted molar refractivity (Wildman–Crippen MR) is 148 cm³/mol. The summed E-state index contributed by atoms with van der Waals surface area (Å²) in [7, 11) is 1.55. The first-order valence-electron chi connectivity index (χ1n) is 14.4. The Balaban J connectivity index is 1.49. The van der Waals surface area contributed by atoms with Gasteiger partial charge in [-0.05, 0) is 88.3 Å². The van der Waals surface area contributed by atoms with E-state index >= 15 is 0 Å². The Morgan fingerprint density at radius 1 is 1.20 bits per heavy atom. The molecule has 2 unspecified atom stereocenters. The van der Waals surface area contributed by atoms with Gasteiger partial charge in [0.2, 0.25) is 6.79 Å². The van der Waals surface area contributed by atoms with Crippen LogP contribution in [0.2, 0.25) is 0 Å². The second-order valence-corrected chi connectivity index (χ2v) is 12.1. The summed E-state index contributed by atoms with van der Waals surface area (Å²) in [6, 6.07) is 4.00. The fourth-order valence-electron chi connectivity index (χ4n) is 6.84. The number of carbonyl (C=O) groups is 2. The number of benzene rings is 1. The lowest BCUT2D eigenvalue weighted by Gasteiger charge is -2.39. The Bertz CT molecular complexity index is 1220. The fourth-order valence-corrected chi connectivity index (χ4v) is 6.84. The van der Waals surface area contributed by atoms with Gasteiger partial charge in [0.25, 0.3) is 0 Å². The molecule has 0 amide bonds. The van der Waals surface area contributed by atoms with Gasteiger partial charge in [-0.1, -0.05) is 12.7 Å². The molecule has 0 saturated carbocycles. The molecule has 3 aliphatic heterocycles. The van der Waals surface area contributed by atoms with Gasteiger partial charge >= 0.3 is 11.9 Å². The Morgan fingerprint density at radius 2 is 1.95 bits per heavy atom. The van der Waals surface area contributed by atoms with Gasteiger partial charge in [-0.2, -0.15) is 0 Å². The van der Waals surface area contributed by atoms with Crippen molar-refractivity contribution in [1.29, 1.82) is 0 Å². The second kappa shape index (κ2) is 11.3. The molecule has 0 bridgehead atoms. The van der Waals surface area contributed by atoms with Crippen LogP contribution in [0.3, 0.4) is 0 Å². The molecular weight excluding hydrogens is 530 g/mol. The van der Waals surface area contributed by atoms with Crippen LogP contribution in [0.1, 0.15) is 69.4 Å². The van der Waals surface area contributed by atoms with Crippen LogP contribution in [-0.2, 0) is 30.2 Å². The number of hydrogen-bond donors (Lipinski definition) is 2. The molecule has 3 heterocycles. The summed E-state index contributed by atoms with van der Waals surface area (Å²) in [6.45, 7) is 8.68. The van der Waals surface area contributed by atoms with Gasteiger partial charge in [0.05, 0.1) is 30.6 Å². The normalized spacial score (nSPS) is 26.1. The molecular formula is C31H41NO9. The Morgan fingerprint density at radius 3 is 2.66 bits per heavy atom. The van der Waals surface area contributed by atoms with Crippen LogP contribution >= 0.6 is 0 Å². The minimum atomic E-state index is -2.16. The smallest absolute Gasteiger partial charge is 0.339 e. The average molecular weight is 572 g/mol. The molecule has 2 N–H and O–H groups in total. The molecule has 4 aliphatic rings. The monoisotopic (exact) mass is 571 g/mol. The zero-order valence-corrected chi connectivity index (χ0v) is 24.1. The van der Waals surface area contributed by atoms with Gasteiger partial charge in [-0.25, -0.2) is 4.79 Å². The third-order valence-electron chi connectivity index (χ3n) is 8.76. The zero-order chi connectivity index (χ0) is 29.4. The first-order valence-corrected chi connectivity index (χ1v) is 14.4. The summed E-state index contributed by atoms with van der Waals surface area (Å²) in [5.74, 6) is -0.129. The molecule has 224 valence electrons. The molecule has 0 aromatic heterocycles. The first kappa shape index (κ1) is 29.4. The molecule has 10 nitrogen and oxygen atoms in total. The van der Waals surface area contributed by atoms with Gasteiger partial charge in [-0.3, -0.25) is 9.69 Å². The number of ether oxygens (including phenoxy) is 5. The minimum absolute atomic E-state index is 0.0415. The number of hydrogen-bond acceptors (Lipinski definition) is 10. The summed E-state index contributed by atoms with van der Waals surface area (Å²) in [6.07, 6.45) is 5.24. The molecule has 1 aromatic rings. The number of aliphatic hydroxyl groups is 2. The standard InChI is InChI=1S/C31H41NO9/c1-5-14-38-25(33)18-31(36,11-6-9-29(2,3)35)28(34)41-27-24(37-4)17-30-10-7-12-32(30)13-8-20-15-22-23(40-19-39-22)16-21(20)26(27)30/h5,15-17,26-27,35-36H,1,6-14,18-19H2,2-4H3/t26-,27?,30+,31?/m1/s1. The number of nitrogens with zero attached hydrogens (tertiary/aromatic N) is 1. The van der Waals surface area contributed by atoms with Crippen LogP contribution < -0.4 is 9.47 Å². The SMILES string of the molecule is C=CCOC(=O)CC(O)(CCCC(C)(C)O)C(=O)OC1C(OC)=C[C@]23CCCN2CCc2cc4c(cc2[C@H]13)OCO4. The van der Waals surface area contributed by atoms with E-state index in [-0.39, 0.29) is 32.2 Å². The number of rotatable bonds is 11. The third kappa shape index (κ3) is 5.69. The maximum absolute atomic E-state index is 13.9. The van der Waals surface area contributed by atoms with E-state index < -0.39 is 41.2 Å². The Hall–Kier alpha value is -3.08. The summed E-state index contributed by atoms with van der Waals surface area (Å²) in [5, 5.41) is 21.8. The molecule has 41 heavy (non-hydrogen) atoms. The maximum Gasteiger partial charge on any atom is 0.339 e. The highest BCUT2D eigenvalue weighted by molar-refractivity contribution is 5.86. The molecule has 1 fully saturated rings. The van der Waals surface area contributed by atoms with Crippen LogP contribution in [0, 0.1) is 0 Å². The lowest BCUT2D eigenvalue weighted by atomic mass is 9.77. The second-order valence-electron chi connectivity index (χ2n) is 12.1. The molecule has 1 aliphatic carbocycles. The minimum Gasteiger partial charge on any atom is -0.497 e. The van der Waals surface area contributed by atoms with Crippen molar-refractivity contribution in [3.8, 4) is 11.5 Å². The van der Waals surface area contributed by atoms with Crippen molar-refractivity contribution in [2.75, 3.05) is 33.6 Å². The van der Waals surface area contributed by atoms with Crippen LogP contribution in [0.15, 0.2) is 36.6 Å². The van der Waals surface area contributed by atoms with Gasteiger partial charge in [0, 0.05) is 6.54 Å².